The number of fused-ring (bicyclic) bond motifs is 2. The lowest BCUT2D eigenvalue weighted by molar-refractivity contribution is -0.137. The van der Waals surface area contributed by atoms with E-state index in [1.54, 1.807) is 6.92 Å². The number of carbonyl (C=O) groups is 1. The zero-order valence-electron chi connectivity index (χ0n) is 16.0. The highest BCUT2D eigenvalue weighted by Gasteiger charge is 2.34. The van der Waals surface area contributed by atoms with Crippen LogP contribution in [0.5, 0.6) is 0 Å². The number of nitrogens with zero attached hydrogens (tertiary/aromatic N) is 2. The second-order valence-electron chi connectivity index (χ2n) is 7.02. The van der Waals surface area contributed by atoms with Gasteiger partial charge in [-0.2, -0.15) is 13.2 Å². The van der Waals surface area contributed by atoms with E-state index in [4.69, 9.17) is 4.74 Å². The highest BCUT2D eigenvalue weighted by molar-refractivity contribution is 6.07. The summed E-state index contributed by atoms with van der Waals surface area (Å²) in [5, 5.41) is 0.479. The predicted molar refractivity (Wildman–Crippen MR) is 104 cm³/mol. The van der Waals surface area contributed by atoms with Crippen molar-refractivity contribution < 1.29 is 22.7 Å². The Morgan fingerprint density at radius 3 is 2.72 bits per heavy atom. The van der Waals surface area contributed by atoms with Crippen LogP contribution in [0.1, 0.15) is 35.3 Å². The number of hydrogen-bond acceptors (Lipinski definition) is 4. The number of carbonyl (C=O) groups excluding carboxylic acids is 1. The van der Waals surface area contributed by atoms with Crippen LogP contribution in [-0.2, 0) is 17.3 Å². The largest absolute Gasteiger partial charge is 0.462 e. The molecule has 29 heavy (non-hydrogen) atoms. The SMILES string of the molecule is CCOC(=O)c1cnc2cc(C(F)(F)F)ccc2c1N1c2ccccc2CC1C. The van der Waals surface area contributed by atoms with Gasteiger partial charge in [0.2, 0.25) is 0 Å². The molecule has 150 valence electrons. The molecular formula is C22H19F3N2O2. The van der Waals surface area contributed by atoms with Gasteiger partial charge in [0.05, 0.1) is 23.4 Å². The van der Waals surface area contributed by atoms with E-state index in [1.165, 1.54) is 12.3 Å². The van der Waals surface area contributed by atoms with Crippen molar-refractivity contribution >= 4 is 28.2 Å². The summed E-state index contributed by atoms with van der Waals surface area (Å²) in [5.41, 5.74) is 2.22. The third-order valence-corrected chi connectivity index (χ3v) is 5.11. The predicted octanol–water partition coefficient (Wildman–Crippen LogP) is 5.51. The van der Waals surface area contributed by atoms with Crippen LogP contribution < -0.4 is 4.90 Å². The summed E-state index contributed by atoms with van der Waals surface area (Å²) in [6.07, 6.45) is -2.39. The summed E-state index contributed by atoms with van der Waals surface area (Å²) in [6, 6.07) is 11.3. The summed E-state index contributed by atoms with van der Waals surface area (Å²) >= 11 is 0. The van der Waals surface area contributed by atoms with Gasteiger partial charge in [-0.3, -0.25) is 4.98 Å². The molecule has 1 aliphatic heterocycles. The Kier molecular flexibility index (Phi) is 4.68. The minimum Gasteiger partial charge on any atom is -0.462 e. The minimum atomic E-state index is -4.47. The van der Waals surface area contributed by atoms with E-state index >= 15 is 0 Å². The highest BCUT2D eigenvalue weighted by Crippen LogP contribution is 2.43. The number of halogens is 3. The van der Waals surface area contributed by atoms with Crippen molar-refractivity contribution in [1.29, 1.82) is 0 Å². The van der Waals surface area contributed by atoms with E-state index in [-0.39, 0.29) is 23.7 Å². The fourth-order valence-electron chi connectivity index (χ4n) is 3.88. The summed E-state index contributed by atoms with van der Waals surface area (Å²) in [6.45, 7) is 3.91. The number of pyridine rings is 1. The molecule has 0 fully saturated rings. The molecule has 0 radical (unpaired) electrons. The second kappa shape index (κ2) is 7.06. The molecule has 3 aromatic rings. The van der Waals surface area contributed by atoms with Crippen LogP contribution in [0.2, 0.25) is 0 Å². The Morgan fingerprint density at radius 1 is 1.24 bits per heavy atom. The van der Waals surface area contributed by atoms with Gasteiger partial charge in [-0.05, 0) is 44.0 Å². The normalized spacial score (nSPS) is 16.2. The lowest BCUT2D eigenvalue weighted by atomic mass is 10.0. The maximum absolute atomic E-state index is 13.2. The molecule has 2 heterocycles. The number of benzene rings is 2. The van der Waals surface area contributed by atoms with E-state index in [0.717, 1.165) is 29.8 Å². The molecule has 1 aromatic heterocycles. The molecule has 0 saturated heterocycles. The molecule has 7 heteroatoms. The van der Waals surface area contributed by atoms with E-state index in [1.807, 2.05) is 36.1 Å². The van der Waals surface area contributed by atoms with Crippen molar-refractivity contribution in [2.75, 3.05) is 11.5 Å². The molecule has 0 aliphatic carbocycles. The maximum Gasteiger partial charge on any atom is 0.416 e. The zero-order valence-corrected chi connectivity index (χ0v) is 16.0. The number of anilines is 2. The van der Waals surface area contributed by atoms with Crippen LogP contribution in [0.4, 0.5) is 24.5 Å². The van der Waals surface area contributed by atoms with Crippen LogP contribution in [0, 0.1) is 0 Å². The van der Waals surface area contributed by atoms with Gasteiger partial charge in [0.15, 0.2) is 0 Å². The fourth-order valence-corrected chi connectivity index (χ4v) is 3.88. The van der Waals surface area contributed by atoms with Crippen molar-refractivity contribution in [3.05, 3.63) is 65.4 Å². The highest BCUT2D eigenvalue weighted by atomic mass is 19.4. The Morgan fingerprint density at radius 2 is 2.00 bits per heavy atom. The van der Waals surface area contributed by atoms with Crippen molar-refractivity contribution in [2.24, 2.45) is 0 Å². The summed E-state index contributed by atoms with van der Waals surface area (Å²) in [5.74, 6) is -0.548. The Balaban J connectivity index is 1.99. The average molecular weight is 400 g/mol. The Bertz CT molecular complexity index is 1100. The number of rotatable bonds is 3. The zero-order chi connectivity index (χ0) is 20.8. The molecule has 1 aliphatic rings. The van der Waals surface area contributed by atoms with Gasteiger partial charge in [-0.15, -0.1) is 0 Å². The van der Waals surface area contributed by atoms with Gasteiger partial charge < -0.3 is 9.64 Å². The lowest BCUT2D eigenvalue weighted by Gasteiger charge is -2.28. The van der Waals surface area contributed by atoms with E-state index in [9.17, 15) is 18.0 Å². The van der Waals surface area contributed by atoms with Crippen LogP contribution in [0.15, 0.2) is 48.7 Å². The first-order valence-electron chi connectivity index (χ1n) is 9.35. The van der Waals surface area contributed by atoms with E-state index < -0.39 is 17.7 Å². The third-order valence-electron chi connectivity index (χ3n) is 5.11. The maximum atomic E-state index is 13.2. The van der Waals surface area contributed by atoms with Crippen molar-refractivity contribution in [3.63, 3.8) is 0 Å². The summed E-state index contributed by atoms with van der Waals surface area (Å²) in [4.78, 5) is 18.8. The number of alkyl halides is 3. The smallest absolute Gasteiger partial charge is 0.416 e. The van der Waals surface area contributed by atoms with Crippen molar-refractivity contribution in [3.8, 4) is 0 Å². The summed E-state index contributed by atoms with van der Waals surface area (Å²) < 4.78 is 44.7. The lowest BCUT2D eigenvalue weighted by Crippen LogP contribution is -2.26. The van der Waals surface area contributed by atoms with Crippen LogP contribution in [-0.4, -0.2) is 23.6 Å². The number of hydrogen-bond donors (Lipinski definition) is 0. The first-order chi connectivity index (χ1) is 13.8. The van der Waals surface area contributed by atoms with Gasteiger partial charge in [0.25, 0.3) is 0 Å². The number of ether oxygens (including phenoxy) is 1. The number of aromatic nitrogens is 1. The average Bonchev–Trinajstić information content (AvgIpc) is 3.01. The van der Waals surface area contributed by atoms with E-state index in [0.29, 0.717) is 11.1 Å². The third kappa shape index (κ3) is 3.30. The fraction of sp³-hybridized carbons (Fsp3) is 0.273. The van der Waals surface area contributed by atoms with Gasteiger partial charge in [-0.25, -0.2) is 4.79 Å². The number of para-hydroxylation sites is 1. The number of esters is 1. The van der Waals surface area contributed by atoms with Gasteiger partial charge >= 0.3 is 12.1 Å². The molecule has 1 atom stereocenters. The molecule has 0 N–H and O–H groups in total. The first kappa shape index (κ1) is 19.2. The molecule has 1 unspecified atom stereocenters. The molecule has 0 bridgehead atoms. The molecule has 4 nitrogen and oxygen atoms in total. The quantitative estimate of drug-likeness (QED) is 0.544. The Hall–Kier alpha value is -3.09. The second-order valence-corrected chi connectivity index (χ2v) is 7.02. The van der Waals surface area contributed by atoms with Crippen molar-refractivity contribution in [2.45, 2.75) is 32.5 Å². The first-order valence-corrected chi connectivity index (χ1v) is 9.35. The monoisotopic (exact) mass is 400 g/mol. The van der Waals surface area contributed by atoms with Crippen molar-refractivity contribution in [1.82, 2.24) is 4.98 Å². The van der Waals surface area contributed by atoms with Gasteiger partial charge in [0.1, 0.15) is 5.56 Å². The molecule has 4 rings (SSSR count). The van der Waals surface area contributed by atoms with E-state index in [2.05, 4.69) is 4.98 Å². The van der Waals surface area contributed by atoms with Crippen LogP contribution in [0.3, 0.4) is 0 Å². The Labute approximate surface area is 165 Å². The topological polar surface area (TPSA) is 42.4 Å². The molecule has 0 saturated carbocycles. The molecule has 0 amide bonds. The molecule has 0 spiro atoms. The minimum absolute atomic E-state index is 0.0217. The summed E-state index contributed by atoms with van der Waals surface area (Å²) in [7, 11) is 0. The van der Waals surface area contributed by atoms with Gasteiger partial charge in [0, 0.05) is 23.3 Å². The molecule has 2 aromatic carbocycles. The van der Waals surface area contributed by atoms with Crippen LogP contribution in [0.25, 0.3) is 10.9 Å². The standard InChI is InChI=1S/C22H19F3N2O2/c1-3-29-21(28)17-12-26-18-11-15(22(23,24)25)8-9-16(18)20(17)27-13(2)10-14-6-4-5-7-19(14)27/h4-9,11-13H,3,10H2,1-2H3. The molecular weight excluding hydrogens is 381 g/mol. The van der Waals surface area contributed by atoms with Gasteiger partial charge in [-0.1, -0.05) is 24.3 Å². The van der Waals surface area contributed by atoms with Crippen LogP contribution >= 0.6 is 0 Å².